The van der Waals surface area contributed by atoms with E-state index in [1.807, 2.05) is 7.05 Å². The quantitative estimate of drug-likeness (QED) is 0.576. The zero-order valence-electron chi connectivity index (χ0n) is 8.81. The lowest BCUT2D eigenvalue weighted by molar-refractivity contribution is 0.0175. The van der Waals surface area contributed by atoms with Crippen molar-refractivity contribution in [3.05, 3.63) is 0 Å². The number of rotatable bonds is 7. The van der Waals surface area contributed by atoms with Crippen LogP contribution in [-0.2, 0) is 4.74 Å². The molecular formula is C10H22N2O. The SMILES string of the molecule is CNCCCCNC1CC(OC)C1. The first kappa shape index (κ1) is 11.0. The van der Waals surface area contributed by atoms with Gasteiger partial charge >= 0.3 is 0 Å². The van der Waals surface area contributed by atoms with E-state index in [-0.39, 0.29) is 0 Å². The summed E-state index contributed by atoms with van der Waals surface area (Å²) < 4.78 is 5.21. The van der Waals surface area contributed by atoms with Crippen molar-refractivity contribution in [2.75, 3.05) is 27.2 Å². The fourth-order valence-corrected chi connectivity index (χ4v) is 1.66. The van der Waals surface area contributed by atoms with Crippen molar-refractivity contribution in [1.29, 1.82) is 0 Å². The molecule has 0 aromatic rings. The van der Waals surface area contributed by atoms with Crippen molar-refractivity contribution in [3.8, 4) is 0 Å². The second kappa shape index (κ2) is 6.35. The van der Waals surface area contributed by atoms with Gasteiger partial charge in [0.1, 0.15) is 0 Å². The molecule has 1 saturated carbocycles. The highest BCUT2D eigenvalue weighted by atomic mass is 16.5. The molecule has 1 fully saturated rings. The van der Waals surface area contributed by atoms with E-state index in [2.05, 4.69) is 10.6 Å². The molecule has 0 heterocycles. The van der Waals surface area contributed by atoms with Crippen molar-refractivity contribution in [3.63, 3.8) is 0 Å². The maximum absolute atomic E-state index is 5.21. The molecule has 0 radical (unpaired) electrons. The summed E-state index contributed by atoms with van der Waals surface area (Å²) in [6.07, 6.45) is 5.46. The first-order chi connectivity index (χ1) is 6.36. The predicted octanol–water partition coefficient (Wildman–Crippen LogP) is 0.753. The summed E-state index contributed by atoms with van der Waals surface area (Å²) in [5.41, 5.74) is 0. The van der Waals surface area contributed by atoms with Gasteiger partial charge in [0.05, 0.1) is 6.10 Å². The van der Waals surface area contributed by atoms with Crippen molar-refractivity contribution in [1.82, 2.24) is 10.6 Å². The Kier molecular flexibility index (Phi) is 5.35. The van der Waals surface area contributed by atoms with Gasteiger partial charge in [0.15, 0.2) is 0 Å². The van der Waals surface area contributed by atoms with Crippen LogP contribution < -0.4 is 10.6 Å². The average Bonchev–Trinajstić information content (AvgIpc) is 2.08. The number of nitrogens with one attached hydrogen (secondary N) is 2. The van der Waals surface area contributed by atoms with Gasteiger partial charge in [-0.2, -0.15) is 0 Å². The third-order valence-corrected chi connectivity index (χ3v) is 2.71. The van der Waals surface area contributed by atoms with E-state index in [1.54, 1.807) is 7.11 Å². The third kappa shape index (κ3) is 4.07. The summed E-state index contributed by atoms with van der Waals surface area (Å²) in [6.45, 7) is 2.29. The number of hydrogen-bond acceptors (Lipinski definition) is 3. The molecule has 0 aromatic carbocycles. The van der Waals surface area contributed by atoms with Crippen molar-refractivity contribution >= 4 is 0 Å². The fraction of sp³-hybridized carbons (Fsp3) is 1.00. The van der Waals surface area contributed by atoms with Gasteiger partial charge in [0.2, 0.25) is 0 Å². The second-order valence-electron chi connectivity index (χ2n) is 3.79. The van der Waals surface area contributed by atoms with Crippen molar-refractivity contribution in [2.45, 2.75) is 37.8 Å². The molecule has 0 atom stereocenters. The van der Waals surface area contributed by atoms with Crippen LogP contribution in [0.3, 0.4) is 0 Å². The van der Waals surface area contributed by atoms with E-state index in [0.717, 1.165) is 19.1 Å². The minimum Gasteiger partial charge on any atom is -0.381 e. The summed E-state index contributed by atoms with van der Waals surface area (Å²) in [7, 11) is 3.80. The molecule has 0 unspecified atom stereocenters. The van der Waals surface area contributed by atoms with Crippen LogP contribution in [0.1, 0.15) is 25.7 Å². The van der Waals surface area contributed by atoms with E-state index in [1.165, 1.54) is 25.7 Å². The van der Waals surface area contributed by atoms with Crippen LogP contribution in [-0.4, -0.2) is 39.4 Å². The Morgan fingerprint density at radius 2 is 1.92 bits per heavy atom. The molecule has 3 nitrogen and oxygen atoms in total. The van der Waals surface area contributed by atoms with E-state index >= 15 is 0 Å². The molecule has 0 saturated heterocycles. The smallest absolute Gasteiger partial charge is 0.0601 e. The molecule has 78 valence electrons. The average molecular weight is 186 g/mol. The van der Waals surface area contributed by atoms with Gasteiger partial charge in [-0.25, -0.2) is 0 Å². The second-order valence-corrected chi connectivity index (χ2v) is 3.79. The van der Waals surface area contributed by atoms with Crippen LogP contribution in [0.15, 0.2) is 0 Å². The van der Waals surface area contributed by atoms with Gasteiger partial charge in [-0.15, -0.1) is 0 Å². The Bertz CT molecular complexity index is 124. The highest BCUT2D eigenvalue weighted by Crippen LogP contribution is 2.22. The van der Waals surface area contributed by atoms with Gasteiger partial charge in [0.25, 0.3) is 0 Å². The molecule has 2 N–H and O–H groups in total. The minimum atomic E-state index is 0.523. The van der Waals surface area contributed by atoms with Crippen molar-refractivity contribution in [2.24, 2.45) is 0 Å². The first-order valence-corrected chi connectivity index (χ1v) is 5.27. The molecule has 1 aliphatic carbocycles. The Morgan fingerprint density at radius 3 is 2.54 bits per heavy atom. The zero-order valence-corrected chi connectivity index (χ0v) is 8.81. The Hall–Kier alpha value is -0.120. The first-order valence-electron chi connectivity index (χ1n) is 5.27. The fourth-order valence-electron chi connectivity index (χ4n) is 1.66. The number of ether oxygens (including phenoxy) is 1. The van der Waals surface area contributed by atoms with Gasteiger partial charge in [-0.1, -0.05) is 0 Å². The lowest BCUT2D eigenvalue weighted by Gasteiger charge is -2.34. The molecule has 3 heteroatoms. The Labute approximate surface area is 81.2 Å². The molecule has 1 rings (SSSR count). The Morgan fingerprint density at radius 1 is 1.23 bits per heavy atom. The number of unbranched alkanes of at least 4 members (excludes halogenated alkanes) is 1. The molecule has 0 aliphatic heterocycles. The highest BCUT2D eigenvalue weighted by molar-refractivity contribution is 4.85. The monoisotopic (exact) mass is 186 g/mol. The molecule has 0 bridgehead atoms. The van der Waals surface area contributed by atoms with E-state index < -0.39 is 0 Å². The van der Waals surface area contributed by atoms with Crippen LogP contribution in [0.4, 0.5) is 0 Å². The normalized spacial score (nSPS) is 27.2. The lowest BCUT2D eigenvalue weighted by atomic mass is 9.89. The summed E-state index contributed by atoms with van der Waals surface area (Å²) in [5.74, 6) is 0. The predicted molar refractivity (Wildman–Crippen MR) is 55.0 cm³/mol. The molecule has 0 aromatic heterocycles. The van der Waals surface area contributed by atoms with Gasteiger partial charge in [-0.3, -0.25) is 0 Å². The van der Waals surface area contributed by atoms with Crippen LogP contribution in [0, 0.1) is 0 Å². The third-order valence-electron chi connectivity index (χ3n) is 2.71. The molecular weight excluding hydrogens is 164 g/mol. The van der Waals surface area contributed by atoms with Crippen LogP contribution in [0.5, 0.6) is 0 Å². The van der Waals surface area contributed by atoms with Gasteiger partial charge < -0.3 is 15.4 Å². The largest absolute Gasteiger partial charge is 0.381 e. The maximum Gasteiger partial charge on any atom is 0.0601 e. The van der Waals surface area contributed by atoms with Crippen LogP contribution in [0.2, 0.25) is 0 Å². The van der Waals surface area contributed by atoms with E-state index in [4.69, 9.17) is 4.74 Å². The van der Waals surface area contributed by atoms with E-state index in [9.17, 15) is 0 Å². The molecule has 0 spiro atoms. The molecule has 0 amide bonds. The maximum atomic E-state index is 5.21. The van der Waals surface area contributed by atoms with Crippen molar-refractivity contribution < 1.29 is 4.74 Å². The molecule has 13 heavy (non-hydrogen) atoms. The zero-order chi connectivity index (χ0) is 9.52. The Balaban J connectivity index is 1.80. The summed E-state index contributed by atoms with van der Waals surface area (Å²) in [5, 5.41) is 6.69. The van der Waals surface area contributed by atoms with Crippen LogP contribution >= 0.6 is 0 Å². The topological polar surface area (TPSA) is 33.3 Å². The molecule has 1 aliphatic rings. The van der Waals surface area contributed by atoms with Gasteiger partial charge in [0, 0.05) is 13.2 Å². The minimum absolute atomic E-state index is 0.523. The summed E-state index contributed by atoms with van der Waals surface area (Å²) in [4.78, 5) is 0. The summed E-state index contributed by atoms with van der Waals surface area (Å²) in [6, 6.07) is 0.722. The van der Waals surface area contributed by atoms with Crippen LogP contribution in [0.25, 0.3) is 0 Å². The number of methoxy groups -OCH3 is 1. The number of hydrogen-bond donors (Lipinski definition) is 2. The van der Waals surface area contributed by atoms with Gasteiger partial charge in [-0.05, 0) is 45.8 Å². The van der Waals surface area contributed by atoms with E-state index in [0.29, 0.717) is 6.10 Å². The lowest BCUT2D eigenvalue weighted by Crippen LogP contribution is -2.45. The highest BCUT2D eigenvalue weighted by Gasteiger charge is 2.27. The standard InChI is InChI=1S/C10H22N2O/c1-11-5-3-4-6-12-9-7-10(8-9)13-2/h9-12H,3-8H2,1-2H3. The summed E-state index contributed by atoms with van der Waals surface area (Å²) >= 11 is 0.